The molecule has 0 aliphatic rings. The van der Waals surface area contributed by atoms with Gasteiger partial charge in [0.2, 0.25) is 0 Å². The molecule has 0 saturated heterocycles. The Labute approximate surface area is 121 Å². The van der Waals surface area contributed by atoms with Gasteiger partial charge in [-0.2, -0.15) is 8.78 Å². The lowest BCUT2D eigenvalue weighted by Crippen LogP contribution is -2.14. The average molecular weight is 295 g/mol. The zero-order valence-electron chi connectivity index (χ0n) is 11.5. The van der Waals surface area contributed by atoms with Gasteiger partial charge in [0.15, 0.2) is 0 Å². The van der Waals surface area contributed by atoms with Gasteiger partial charge in [0.25, 0.3) is 0 Å². The lowest BCUT2D eigenvalue weighted by atomic mass is 9.96. The number of hydrogen-bond acceptors (Lipinski definition) is 2. The minimum absolute atomic E-state index is 0.0860. The summed E-state index contributed by atoms with van der Waals surface area (Å²) in [6.07, 6.45) is 0.471. The molecule has 0 bridgehead atoms. The highest BCUT2D eigenvalue weighted by molar-refractivity contribution is 5.32. The number of rotatable bonds is 5. The molecule has 2 rings (SSSR count). The molecule has 112 valence electrons. The second-order valence-electron chi connectivity index (χ2n) is 4.83. The first-order valence-electron chi connectivity index (χ1n) is 6.51. The van der Waals surface area contributed by atoms with Crippen molar-refractivity contribution in [3.05, 3.63) is 65.0 Å². The van der Waals surface area contributed by atoms with Gasteiger partial charge < -0.3 is 10.5 Å². The second-order valence-corrected chi connectivity index (χ2v) is 4.83. The molecule has 5 heteroatoms. The molecule has 2 aromatic rings. The summed E-state index contributed by atoms with van der Waals surface area (Å²) in [7, 11) is 0. The summed E-state index contributed by atoms with van der Waals surface area (Å²) in [6.45, 7) is -0.958. The first-order chi connectivity index (χ1) is 9.95. The van der Waals surface area contributed by atoms with Gasteiger partial charge in [-0.3, -0.25) is 0 Å². The quantitative estimate of drug-likeness (QED) is 0.905. The molecule has 0 heterocycles. The van der Waals surface area contributed by atoms with E-state index in [2.05, 4.69) is 4.74 Å². The summed E-state index contributed by atoms with van der Waals surface area (Å²) in [5.74, 6) is -0.216. The van der Waals surface area contributed by atoms with E-state index in [1.165, 1.54) is 24.3 Å². The molecular weight excluding hydrogens is 279 g/mol. The number of alkyl halides is 2. The van der Waals surface area contributed by atoms with Crippen LogP contribution in [0, 0.1) is 12.7 Å². The van der Waals surface area contributed by atoms with E-state index in [0.717, 1.165) is 16.7 Å². The van der Waals surface area contributed by atoms with Crippen molar-refractivity contribution in [2.45, 2.75) is 26.0 Å². The Balaban J connectivity index is 2.09. The Hall–Kier alpha value is -2.01. The van der Waals surface area contributed by atoms with E-state index >= 15 is 0 Å². The Morgan fingerprint density at radius 3 is 2.38 bits per heavy atom. The van der Waals surface area contributed by atoms with Crippen molar-refractivity contribution >= 4 is 0 Å². The van der Waals surface area contributed by atoms with Crippen molar-refractivity contribution in [3.8, 4) is 5.75 Å². The number of hydrogen-bond donors (Lipinski definition) is 1. The second kappa shape index (κ2) is 6.63. The van der Waals surface area contributed by atoms with Gasteiger partial charge in [0.05, 0.1) is 0 Å². The fourth-order valence-electron chi connectivity index (χ4n) is 2.11. The molecule has 0 spiro atoms. The van der Waals surface area contributed by atoms with E-state index in [0.29, 0.717) is 6.42 Å². The molecule has 2 nitrogen and oxygen atoms in total. The molecule has 0 saturated carbocycles. The Bertz CT molecular complexity index is 599. The predicted octanol–water partition coefficient (Wildman–Crippen LogP) is 3.98. The van der Waals surface area contributed by atoms with Gasteiger partial charge in [0, 0.05) is 6.04 Å². The van der Waals surface area contributed by atoms with Crippen molar-refractivity contribution in [3.63, 3.8) is 0 Å². The summed E-state index contributed by atoms with van der Waals surface area (Å²) in [6, 6.07) is 10.4. The highest BCUT2D eigenvalue weighted by Gasteiger charge is 2.11. The van der Waals surface area contributed by atoms with E-state index in [-0.39, 0.29) is 17.6 Å². The topological polar surface area (TPSA) is 35.2 Å². The third kappa shape index (κ3) is 4.23. The fourth-order valence-corrected chi connectivity index (χ4v) is 2.11. The molecular formula is C16H16F3NO. The summed E-state index contributed by atoms with van der Waals surface area (Å²) < 4.78 is 41.7. The van der Waals surface area contributed by atoms with Crippen molar-refractivity contribution in [1.82, 2.24) is 0 Å². The van der Waals surface area contributed by atoms with Crippen LogP contribution in [0.5, 0.6) is 5.75 Å². The maximum Gasteiger partial charge on any atom is 0.387 e. The molecule has 0 aliphatic carbocycles. The van der Waals surface area contributed by atoms with E-state index in [1.807, 2.05) is 6.92 Å². The minimum Gasteiger partial charge on any atom is -0.435 e. The summed E-state index contributed by atoms with van der Waals surface area (Å²) in [4.78, 5) is 0. The van der Waals surface area contributed by atoms with Crippen LogP contribution in [0.25, 0.3) is 0 Å². The monoisotopic (exact) mass is 295 g/mol. The van der Waals surface area contributed by atoms with Crippen LogP contribution >= 0.6 is 0 Å². The lowest BCUT2D eigenvalue weighted by molar-refractivity contribution is -0.0498. The molecule has 0 radical (unpaired) electrons. The Morgan fingerprint density at radius 1 is 1.10 bits per heavy atom. The molecule has 0 aliphatic heterocycles. The third-order valence-corrected chi connectivity index (χ3v) is 3.28. The summed E-state index contributed by atoms with van der Waals surface area (Å²) >= 11 is 0. The largest absolute Gasteiger partial charge is 0.435 e. The van der Waals surface area contributed by atoms with Gasteiger partial charge in [0.1, 0.15) is 11.6 Å². The van der Waals surface area contributed by atoms with Crippen LogP contribution in [0.3, 0.4) is 0 Å². The van der Waals surface area contributed by atoms with Gasteiger partial charge in [-0.1, -0.05) is 18.2 Å². The van der Waals surface area contributed by atoms with Crippen LogP contribution < -0.4 is 10.5 Å². The maximum absolute atomic E-state index is 13.2. The molecule has 2 aromatic carbocycles. The van der Waals surface area contributed by atoms with E-state index in [9.17, 15) is 13.2 Å². The highest BCUT2D eigenvalue weighted by Crippen LogP contribution is 2.22. The molecule has 1 atom stereocenters. The SMILES string of the molecule is Cc1ccc(F)cc1CC(N)c1ccc(OC(F)F)cc1. The predicted molar refractivity (Wildman–Crippen MR) is 74.8 cm³/mol. The zero-order valence-corrected chi connectivity index (χ0v) is 11.5. The zero-order chi connectivity index (χ0) is 15.4. The maximum atomic E-state index is 13.2. The Morgan fingerprint density at radius 2 is 1.76 bits per heavy atom. The minimum atomic E-state index is -2.85. The first kappa shape index (κ1) is 15.4. The van der Waals surface area contributed by atoms with Crippen LogP contribution in [0.4, 0.5) is 13.2 Å². The lowest BCUT2D eigenvalue weighted by Gasteiger charge is -2.14. The molecule has 0 aromatic heterocycles. The van der Waals surface area contributed by atoms with Crippen LogP contribution in [-0.4, -0.2) is 6.61 Å². The van der Waals surface area contributed by atoms with Gasteiger partial charge in [-0.25, -0.2) is 4.39 Å². The van der Waals surface area contributed by atoms with Gasteiger partial charge in [-0.05, 0) is 54.3 Å². The fraction of sp³-hybridized carbons (Fsp3) is 0.250. The average Bonchev–Trinajstić information content (AvgIpc) is 2.43. The van der Waals surface area contributed by atoms with Crippen molar-refractivity contribution < 1.29 is 17.9 Å². The summed E-state index contributed by atoms with van der Waals surface area (Å²) in [5.41, 5.74) is 8.66. The summed E-state index contributed by atoms with van der Waals surface area (Å²) in [5, 5.41) is 0. The van der Waals surface area contributed by atoms with Crippen LogP contribution in [0.2, 0.25) is 0 Å². The van der Waals surface area contributed by atoms with Crippen LogP contribution in [-0.2, 0) is 6.42 Å². The van der Waals surface area contributed by atoms with Gasteiger partial charge in [-0.15, -0.1) is 0 Å². The number of ether oxygens (including phenoxy) is 1. The Kier molecular flexibility index (Phi) is 4.85. The number of benzene rings is 2. The first-order valence-corrected chi connectivity index (χ1v) is 6.51. The smallest absolute Gasteiger partial charge is 0.387 e. The molecule has 0 amide bonds. The number of aryl methyl sites for hydroxylation is 1. The normalized spacial score (nSPS) is 12.5. The van der Waals surface area contributed by atoms with E-state index < -0.39 is 6.61 Å². The van der Waals surface area contributed by atoms with Crippen LogP contribution in [0.1, 0.15) is 22.7 Å². The molecule has 2 N–H and O–H groups in total. The molecule has 0 fully saturated rings. The standard InChI is InChI=1S/C16H16F3NO/c1-10-2-5-13(17)8-12(10)9-15(20)11-3-6-14(7-4-11)21-16(18)19/h2-8,15-16H,9,20H2,1H3. The van der Waals surface area contributed by atoms with E-state index in [1.54, 1.807) is 18.2 Å². The third-order valence-electron chi connectivity index (χ3n) is 3.28. The number of nitrogens with two attached hydrogens (primary N) is 1. The molecule has 21 heavy (non-hydrogen) atoms. The van der Waals surface area contributed by atoms with Crippen LogP contribution in [0.15, 0.2) is 42.5 Å². The van der Waals surface area contributed by atoms with E-state index in [4.69, 9.17) is 5.73 Å². The number of halogens is 3. The van der Waals surface area contributed by atoms with Crippen molar-refractivity contribution in [1.29, 1.82) is 0 Å². The van der Waals surface area contributed by atoms with Gasteiger partial charge >= 0.3 is 6.61 Å². The van der Waals surface area contributed by atoms with Crippen molar-refractivity contribution in [2.24, 2.45) is 5.73 Å². The van der Waals surface area contributed by atoms with Crippen molar-refractivity contribution in [2.75, 3.05) is 0 Å². The molecule has 1 unspecified atom stereocenters. The highest BCUT2D eigenvalue weighted by atomic mass is 19.3.